The summed E-state index contributed by atoms with van der Waals surface area (Å²) >= 11 is 0. The van der Waals surface area contributed by atoms with E-state index in [-0.39, 0.29) is 30.4 Å². The molecule has 1 amide bonds. The Kier molecular flexibility index (Phi) is 7.56. The van der Waals surface area contributed by atoms with Gasteiger partial charge < -0.3 is 14.8 Å². The molecule has 5 nitrogen and oxygen atoms in total. The molecule has 2 atom stereocenters. The highest BCUT2D eigenvalue weighted by Gasteiger charge is 2.16. The van der Waals surface area contributed by atoms with Crippen molar-refractivity contribution in [3.8, 4) is 5.75 Å². The molecule has 2 aromatic rings. The Hall–Kier alpha value is -2.44. The smallest absolute Gasteiger partial charge is 0.234 e. The molecule has 0 saturated heterocycles. The van der Waals surface area contributed by atoms with Crippen LogP contribution in [0.4, 0.5) is 4.39 Å². The molecule has 6 heteroatoms. The largest absolute Gasteiger partial charge is 0.497 e. The van der Waals surface area contributed by atoms with Gasteiger partial charge in [0.2, 0.25) is 5.91 Å². The number of amides is 1. The minimum absolute atomic E-state index is 0.0699. The molecule has 0 aromatic heterocycles. The molecule has 0 radical (unpaired) electrons. The lowest BCUT2D eigenvalue weighted by Gasteiger charge is -2.21. The molecule has 2 rings (SSSR count). The van der Waals surface area contributed by atoms with Crippen LogP contribution in [0.25, 0.3) is 0 Å². The van der Waals surface area contributed by atoms with Gasteiger partial charge in [-0.3, -0.25) is 10.1 Å². The highest BCUT2D eigenvalue weighted by Crippen LogP contribution is 2.24. The Morgan fingerprint density at radius 2 is 1.62 bits per heavy atom. The fourth-order valence-electron chi connectivity index (χ4n) is 2.69. The second-order valence-electron chi connectivity index (χ2n) is 6.06. The van der Waals surface area contributed by atoms with Crippen molar-refractivity contribution >= 4 is 5.91 Å². The Balaban J connectivity index is 2.12. The van der Waals surface area contributed by atoms with Crippen molar-refractivity contribution in [2.45, 2.75) is 19.0 Å². The Morgan fingerprint density at radius 3 is 2.15 bits per heavy atom. The van der Waals surface area contributed by atoms with E-state index in [1.54, 1.807) is 26.4 Å². The van der Waals surface area contributed by atoms with Gasteiger partial charge in [0, 0.05) is 13.2 Å². The van der Waals surface area contributed by atoms with Crippen molar-refractivity contribution in [3.63, 3.8) is 0 Å². The summed E-state index contributed by atoms with van der Waals surface area (Å²) < 4.78 is 23.5. The molecule has 0 heterocycles. The summed E-state index contributed by atoms with van der Waals surface area (Å²) in [5, 5.41) is 6.10. The van der Waals surface area contributed by atoms with Crippen molar-refractivity contribution < 1.29 is 18.7 Å². The minimum atomic E-state index is -0.298. The molecule has 0 bridgehead atoms. The molecule has 2 N–H and O–H groups in total. The van der Waals surface area contributed by atoms with Crippen LogP contribution in [0.15, 0.2) is 48.5 Å². The fourth-order valence-corrected chi connectivity index (χ4v) is 2.69. The maximum absolute atomic E-state index is 13.3. The number of ether oxygens (including phenoxy) is 2. The van der Waals surface area contributed by atoms with Gasteiger partial charge in [-0.1, -0.05) is 24.3 Å². The molecule has 0 aliphatic rings. The van der Waals surface area contributed by atoms with Crippen molar-refractivity contribution in [1.82, 2.24) is 10.6 Å². The lowest BCUT2D eigenvalue weighted by molar-refractivity contribution is -0.121. The van der Waals surface area contributed by atoms with E-state index in [0.717, 1.165) is 16.9 Å². The standard InChI is InChI=1S/C20H25FN2O3/c1-14(13-25-2)23-19(24)12-22-20(15-4-8-17(21)9-5-15)16-6-10-18(26-3)11-7-16/h4-11,14,20,22H,12-13H2,1-3H3,(H,23,24)/t14-,20+/m0/s1. The summed E-state index contributed by atoms with van der Waals surface area (Å²) in [7, 11) is 3.20. The summed E-state index contributed by atoms with van der Waals surface area (Å²) in [6.45, 7) is 2.45. The first-order chi connectivity index (χ1) is 12.5. The number of nitrogens with one attached hydrogen (secondary N) is 2. The van der Waals surface area contributed by atoms with Crippen LogP contribution in [0.3, 0.4) is 0 Å². The third-order valence-corrected chi connectivity index (χ3v) is 3.94. The maximum Gasteiger partial charge on any atom is 0.234 e. The van der Waals surface area contributed by atoms with E-state index in [9.17, 15) is 9.18 Å². The highest BCUT2D eigenvalue weighted by molar-refractivity contribution is 5.78. The SMILES string of the molecule is COC[C@H](C)NC(=O)CN[C@H](c1ccc(F)cc1)c1ccc(OC)cc1. The number of rotatable bonds is 9. The lowest BCUT2D eigenvalue weighted by atomic mass is 9.98. The average molecular weight is 360 g/mol. The van der Waals surface area contributed by atoms with Gasteiger partial charge in [-0.2, -0.15) is 0 Å². The monoisotopic (exact) mass is 360 g/mol. The van der Waals surface area contributed by atoms with E-state index >= 15 is 0 Å². The molecule has 2 aromatic carbocycles. The zero-order valence-electron chi connectivity index (χ0n) is 15.3. The van der Waals surface area contributed by atoms with Crippen molar-refractivity contribution in [2.75, 3.05) is 27.4 Å². The van der Waals surface area contributed by atoms with Crippen LogP contribution in [0, 0.1) is 5.82 Å². The molecular formula is C20H25FN2O3. The lowest BCUT2D eigenvalue weighted by Crippen LogP contribution is -2.42. The predicted molar refractivity (Wildman–Crippen MR) is 98.7 cm³/mol. The highest BCUT2D eigenvalue weighted by atomic mass is 19.1. The van der Waals surface area contributed by atoms with E-state index in [2.05, 4.69) is 10.6 Å². The molecule has 0 unspecified atom stereocenters. The number of hydrogen-bond acceptors (Lipinski definition) is 4. The summed E-state index contributed by atoms with van der Waals surface area (Å²) in [5.41, 5.74) is 1.82. The van der Waals surface area contributed by atoms with E-state index < -0.39 is 0 Å². The zero-order valence-corrected chi connectivity index (χ0v) is 15.3. The number of halogens is 1. The minimum Gasteiger partial charge on any atom is -0.497 e. The molecule has 26 heavy (non-hydrogen) atoms. The summed E-state index contributed by atoms with van der Waals surface area (Å²) in [6.07, 6.45) is 0. The molecule has 140 valence electrons. The van der Waals surface area contributed by atoms with E-state index in [0.29, 0.717) is 6.61 Å². The number of carbonyl (C=O) groups is 1. The molecule has 0 spiro atoms. The number of benzene rings is 2. The van der Waals surface area contributed by atoms with Crippen molar-refractivity contribution in [3.05, 3.63) is 65.5 Å². The van der Waals surface area contributed by atoms with Crippen LogP contribution in [0.5, 0.6) is 5.75 Å². The summed E-state index contributed by atoms with van der Waals surface area (Å²) in [6, 6.07) is 13.5. The quantitative estimate of drug-likeness (QED) is 0.722. The van der Waals surface area contributed by atoms with Gasteiger partial charge in [-0.05, 0) is 42.3 Å². The summed E-state index contributed by atoms with van der Waals surface area (Å²) in [4.78, 5) is 12.1. The van der Waals surface area contributed by atoms with Gasteiger partial charge in [0.25, 0.3) is 0 Å². The van der Waals surface area contributed by atoms with Crippen LogP contribution >= 0.6 is 0 Å². The van der Waals surface area contributed by atoms with Crippen LogP contribution in [-0.4, -0.2) is 39.3 Å². The van der Waals surface area contributed by atoms with E-state index in [1.807, 2.05) is 31.2 Å². The molecule has 0 saturated carbocycles. The Bertz CT molecular complexity index is 689. The van der Waals surface area contributed by atoms with Crippen LogP contribution in [0.2, 0.25) is 0 Å². The zero-order chi connectivity index (χ0) is 18.9. The molecule has 0 aliphatic heterocycles. The number of carbonyl (C=O) groups excluding carboxylic acids is 1. The van der Waals surface area contributed by atoms with Gasteiger partial charge in [0.1, 0.15) is 11.6 Å². The normalized spacial score (nSPS) is 13.1. The first-order valence-corrected chi connectivity index (χ1v) is 8.44. The molecular weight excluding hydrogens is 335 g/mol. The third kappa shape index (κ3) is 5.82. The van der Waals surface area contributed by atoms with Crippen LogP contribution < -0.4 is 15.4 Å². The average Bonchev–Trinajstić information content (AvgIpc) is 2.64. The number of hydrogen-bond donors (Lipinski definition) is 2. The Labute approximate surface area is 153 Å². The number of methoxy groups -OCH3 is 2. The molecule has 0 fully saturated rings. The maximum atomic E-state index is 13.3. The van der Waals surface area contributed by atoms with Gasteiger partial charge in [0.15, 0.2) is 0 Å². The third-order valence-electron chi connectivity index (χ3n) is 3.94. The van der Waals surface area contributed by atoms with Crippen molar-refractivity contribution in [1.29, 1.82) is 0 Å². The topological polar surface area (TPSA) is 59.6 Å². The van der Waals surface area contributed by atoms with E-state index in [1.165, 1.54) is 12.1 Å². The second kappa shape index (κ2) is 9.89. The fraction of sp³-hybridized carbons (Fsp3) is 0.350. The first-order valence-electron chi connectivity index (χ1n) is 8.44. The van der Waals surface area contributed by atoms with Crippen LogP contribution in [0.1, 0.15) is 24.1 Å². The first kappa shape index (κ1) is 19.9. The summed E-state index contributed by atoms with van der Waals surface area (Å²) in [5.74, 6) is 0.321. The van der Waals surface area contributed by atoms with Gasteiger partial charge in [0.05, 0.1) is 26.3 Å². The molecule has 0 aliphatic carbocycles. The van der Waals surface area contributed by atoms with Gasteiger partial charge in [-0.25, -0.2) is 4.39 Å². The van der Waals surface area contributed by atoms with Crippen molar-refractivity contribution in [2.24, 2.45) is 0 Å². The second-order valence-corrected chi connectivity index (χ2v) is 6.06. The van der Waals surface area contributed by atoms with Gasteiger partial charge >= 0.3 is 0 Å². The van der Waals surface area contributed by atoms with Crippen LogP contribution in [-0.2, 0) is 9.53 Å². The Morgan fingerprint density at radius 1 is 1.04 bits per heavy atom. The van der Waals surface area contributed by atoms with Gasteiger partial charge in [-0.15, -0.1) is 0 Å². The van der Waals surface area contributed by atoms with E-state index in [4.69, 9.17) is 9.47 Å². The predicted octanol–water partition coefficient (Wildman–Crippen LogP) is 2.66.